The highest BCUT2D eigenvalue weighted by molar-refractivity contribution is 5.92. The van der Waals surface area contributed by atoms with Crippen LogP contribution in [0.1, 0.15) is 24.4 Å². The van der Waals surface area contributed by atoms with Gasteiger partial charge in [-0.1, -0.05) is 12.1 Å². The Bertz CT molecular complexity index is 801. The average Bonchev–Trinajstić information content (AvgIpc) is 3.23. The summed E-state index contributed by atoms with van der Waals surface area (Å²) in [5, 5.41) is 3.05. The molecular weight excluding hydrogens is 366 g/mol. The number of hydrogen-bond acceptors (Lipinski definition) is 5. The zero-order valence-electron chi connectivity index (χ0n) is 17.0. The number of likely N-dealkylation sites (tertiary alicyclic amines) is 1. The largest absolute Gasteiger partial charge is 0.497 e. The monoisotopic (exact) mass is 395 g/mol. The number of morpholine rings is 1. The third-order valence-corrected chi connectivity index (χ3v) is 5.74. The quantitative estimate of drug-likeness (QED) is 0.813. The van der Waals surface area contributed by atoms with Gasteiger partial charge < -0.3 is 19.7 Å². The summed E-state index contributed by atoms with van der Waals surface area (Å²) in [6.07, 6.45) is 2.19. The van der Waals surface area contributed by atoms with Crippen LogP contribution in [-0.2, 0) is 9.53 Å². The Kier molecular flexibility index (Phi) is 6.32. The second-order valence-corrected chi connectivity index (χ2v) is 7.60. The Balaban J connectivity index is 1.33. The molecule has 0 unspecified atom stereocenters. The van der Waals surface area contributed by atoms with Crippen molar-refractivity contribution in [3.05, 3.63) is 54.1 Å². The van der Waals surface area contributed by atoms with Gasteiger partial charge in [-0.15, -0.1) is 0 Å². The van der Waals surface area contributed by atoms with Gasteiger partial charge in [0.2, 0.25) is 5.91 Å². The third-order valence-electron chi connectivity index (χ3n) is 5.74. The van der Waals surface area contributed by atoms with Gasteiger partial charge in [-0.25, -0.2) is 0 Å². The predicted octanol–water partition coefficient (Wildman–Crippen LogP) is 3.31. The SMILES string of the molecule is COc1ccc([C@H]2CCCN2CC(=O)Nc2ccc(N3CCOCC3)cc2)cc1. The van der Waals surface area contributed by atoms with E-state index in [-0.39, 0.29) is 11.9 Å². The number of nitrogens with zero attached hydrogens (tertiary/aromatic N) is 2. The van der Waals surface area contributed by atoms with Crippen LogP contribution in [0.2, 0.25) is 0 Å². The summed E-state index contributed by atoms with van der Waals surface area (Å²) >= 11 is 0. The van der Waals surface area contributed by atoms with Crippen molar-refractivity contribution in [1.29, 1.82) is 0 Å². The van der Waals surface area contributed by atoms with Crippen molar-refractivity contribution in [1.82, 2.24) is 4.90 Å². The molecule has 154 valence electrons. The van der Waals surface area contributed by atoms with Crippen LogP contribution in [0.3, 0.4) is 0 Å². The molecule has 2 aliphatic heterocycles. The first-order valence-corrected chi connectivity index (χ1v) is 10.3. The van der Waals surface area contributed by atoms with Crippen molar-refractivity contribution in [2.45, 2.75) is 18.9 Å². The maximum Gasteiger partial charge on any atom is 0.238 e. The number of amides is 1. The Morgan fingerprint density at radius 1 is 1.07 bits per heavy atom. The number of hydrogen-bond donors (Lipinski definition) is 1. The summed E-state index contributed by atoms with van der Waals surface area (Å²) in [6, 6.07) is 16.6. The highest BCUT2D eigenvalue weighted by Crippen LogP contribution is 2.32. The summed E-state index contributed by atoms with van der Waals surface area (Å²) in [4.78, 5) is 17.2. The average molecular weight is 396 g/mol. The number of carbonyl (C=O) groups excluding carboxylic acids is 1. The van der Waals surface area contributed by atoms with E-state index in [1.807, 2.05) is 24.3 Å². The van der Waals surface area contributed by atoms with E-state index in [1.54, 1.807) is 7.11 Å². The summed E-state index contributed by atoms with van der Waals surface area (Å²) in [7, 11) is 1.68. The van der Waals surface area contributed by atoms with E-state index in [4.69, 9.17) is 9.47 Å². The second-order valence-electron chi connectivity index (χ2n) is 7.60. The molecule has 2 aliphatic rings. The first-order chi connectivity index (χ1) is 14.2. The van der Waals surface area contributed by atoms with Gasteiger partial charge in [0.1, 0.15) is 5.75 Å². The first kappa shape index (κ1) is 19.7. The van der Waals surface area contributed by atoms with Gasteiger partial charge in [0.05, 0.1) is 26.9 Å². The van der Waals surface area contributed by atoms with E-state index in [0.717, 1.165) is 57.1 Å². The van der Waals surface area contributed by atoms with Gasteiger partial charge >= 0.3 is 0 Å². The molecule has 2 heterocycles. The van der Waals surface area contributed by atoms with E-state index >= 15 is 0 Å². The lowest BCUT2D eigenvalue weighted by atomic mass is 10.0. The lowest BCUT2D eigenvalue weighted by Crippen LogP contribution is -2.36. The number of methoxy groups -OCH3 is 1. The second kappa shape index (κ2) is 9.29. The molecular formula is C23H29N3O3. The van der Waals surface area contributed by atoms with E-state index in [0.29, 0.717) is 6.54 Å². The first-order valence-electron chi connectivity index (χ1n) is 10.3. The van der Waals surface area contributed by atoms with Crippen molar-refractivity contribution in [2.24, 2.45) is 0 Å². The molecule has 2 fully saturated rings. The minimum Gasteiger partial charge on any atom is -0.497 e. The molecule has 29 heavy (non-hydrogen) atoms. The number of nitrogens with one attached hydrogen (secondary N) is 1. The number of carbonyl (C=O) groups is 1. The molecule has 6 nitrogen and oxygen atoms in total. The molecule has 0 bridgehead atoms. The lowest BCUT2D eigenvalue weighted by molar-refractivity contribution is -0.117. The Hall–Kier alpha value is -2.57. The molecule has 0 aromatic heterocycles. The molecule has 6 heteroatoms. The van der Waals surface area contributed by atoms with Crippen molar-refractivity contribution in [3.8, 4) is 5.75 Å². The highest BCUT2D eigenvalue weighted by atomic mass is 16.5. The maximum atomic E-state index is 12.6. The van der Waals surface area contributed by atoms with E-state index in [9.17, 15) is 4.79 Å². The zero-order chi connectivity index (χ0) is 20.1. The number of ether oxygens (including phenoxy) is 2. The van der Waals surface area contributed by atoms with Gasteiger partial charge in [-0.3, -0.25) is 9.69 Å². The third kappa shape index (κ3) is 4.89. The van der Waals surface area contributed by atoms with Crippen LogP contribution in [0, 0.1) is 0 Å². The Morgan fingerprint density at radius 2 is 1.79 bits per heavy atom. The highest BCUT2D eigenvalue weighted by Gasteiger charge is 2.27. The molecule has 0 radical (unpaired) electrons. The van der Waals surface area contributed by atoms with Crippen molar-refractivity contribution >= 4 is 17.3 Å². The summed E-state index contributed by atoms with van der Waals surface area (Å²) in [5.41, 5.74) is 3.25. The van der Waals surface area contributed by atoms with Crippen molar-refractivity contribution in [2.75, 3.05) is 56.7 Å². The van der Waals surface area contributed by atoms with Crippen LogP contribution in [0.4, 0.5) is 11.4 Å². The van der Waals surface area contributed by atoms with E-state index in [2.05, 4.69) is 39.4 Å². The summed E-state index contributed by atoms with van der Waals surface area (Å²) < 4.78 is 10.7. The van der Waals surface area contributed by atoms with Gasteiger partial charge in [-0.2, -0.15) is 0 Å². The standard InChI is InChI=1S/C23H29N3O3/c1-28-21-10-4-18(5-11-21)22-3-2-12-26(22)17-23(27)24-19-6-8-20(9-7-19)25-13-15-29-16-14-25/h4-11,22H,2-3,12-17H2,1H3,(H,24,27)/t22-/m1/s1. The summed E-state index contributed by atoms with van der Waals surface area (Å²) in [5.74, 6) is 0.890. The predicted molar refractivity (Wildman–Crippen MR) is 115 cm³/mol. The fourth-order valence-electron chi connectivity index (χ4n) is 4.18. The van der Waals surface area contributed by atoms with Crippen molar-refractivity contribution in [3.63, 3.8) is 0 Å². The van der Waals surface area contributed by atoms with Crippen LogP contribution in [0.25, 0.3) is 0 Å². The van der Waals surface area contributed by atoms with Crippen molar-refractivity contribution < 1.29 is 14.3 Å². The maximum absolute atomic E-state index is 12.6. The van der Waals surface area contributed by atoms with Crippen LogP contribution in [0.5, 0.6) is 5.75 Å². The molecule has 1 atom stereocenters. The molecule has 0 aliphatic carbocycles. The minimum atomic E-state index is 0.0320. The van der Waals surface area contributed by atoms with Gasteiger partial charge in [0.15, 0.2) is 0 Å². The van der Waals surface area contributed by atoms with E-state index < -0.39 is 0 Å². The fraction of sp³-hybridized carbons (Fsp3) is 0.435. The number of benzene rings is 2. The Labute approximate surface area is 172 Å². The Morgan fingerprint density at radius 3 is 2.48 bits per heavy atom. The van der Waals surface area contributed by atoms with Crippen LogP contribution in [0.15, 0.2) is 48.5 Å². The molecule has 1 N–H and O–H groups in total. The minimum absolute atomic E-state index is 0.0320. The normalized spacial score (nSPS) is 19.9. The molecule has 0 saturated carbocycles. The number of anilines is 2. The van der Waals surface area contributed by atoms with Gasteiger partial charge in [0.25, 0.3) is 0 Å². The lowest BCUT2D eigenvalue weighted by Gasteiger charge is -2.29. The molecule has 2 aromatic rings. The zero-order valence-corrected chi connectivity index (χ0v) is 17.0. The summed E-state index contributed by atoms with van der Waals surface area (Å²) in [6.45, 7) is 4.70. The smallest absolute Gasteiger partial charge is 0.238 e. The van der Waals surface area contributed by atoms with Crippen LogP contribution < -0.4 is 15.0 Å². The molecule has 1 amide bonds. The molecule has 2 saturated heterocycles. The van der Waals surface area contributed by atoms with Crippen LogP contribution in [-0.4, -0.2) is 57.3 Å². The molecule has 4 rings (SSSR count). The van der Waals surface area contributed by atoms with E-state index in [1.165, 1.54) is 11.3 Å². The number of rotatable bonds is 6. The topological polar surface area (TPSA) is 54.0 Å². The van der Waals surface area contributed by atoms with Gasteiger partial charge in [-0.05, 0) is 61.3 Å². The van der Waals surface area contributed by atoms with Crippen LogP contribution >= 0.6 is 0 Å². The molecule has 0 spiro atoms. The fourth-order valence-corrected chi connectivity index (χ4v) is 4.18. The van der Waals surface area contributed by atoms with Gasteiger partial charge in [0, 0.05) is 30.5 Å². The molecule has 2 aromatic carbocycles.